The van der Waals surface area contributed by atoms with Crippen molar-refractivity contribution in [2.24, 2.45) is 0 Å². The molecule has 0 aliphatic carbocycles. The Labute approximate surface area is 125 Å². The van der Waals surface area contributed by atoms with Gasteiger partial charge in [0.2, 0.25) is 15.5 Å². The number of nitrogens with zero attached hydrogens (tertiary/aromatic N) is 1. The molecule has 0 aliphatic rings. The van der Waals surface area contributed by atoms with Crippen LogP contribution in [0.2, 0.25) is 4.34 Å². The molecule has 0 spiro atoms. The summed E-state index contributed by atoms with van der Waals surface area (Å²) in [6, 6.07) is 4.69. The molecule has 0 saturated heterocycles. The van der Waals surface area contributed by atoms with Crippen molar-refractivity contribution < 1.29 is 8.42 Å². The highest BCUT2D eigenvalue weighted by atomic mass is 35.5. The van der Waals surface area contributed by atoms with E-state index in [-0.39, 0.29) is 18.0 Å². The summed E-state index contributed by atoms with van der Waals surface area (Å²) in [5.41, 5.74) is -0.522. The molecule has 0 amide bonds. The molecule has 8 heteroatoms. The van der Waals surface area contributed by atoms with Crippen LogP contribution in [-0.4, -0.2) is 24.3 Å². The number of nitrogens with one attached hydrogen (secondary N) is 1. The third kappa shape index (κ3) is 3.12. The number of halogens is 1. The van der Waals surface area contributed by atoms with E-state index in [0.717, 1.165) is 4.88 Å². The van der Waals surface area contributed by atoms with Gasteiger partial charge in [-0.1, -0.05) is 18.5 Å². The Morgan fingerprint density at radius 3 is 2.65 bits per heavy atom. The van der Waals surface area contributed by atoms with Gasteiger partial charge in [-0.15, -0.1) is 11.3 Å². The van der Waals surface area contributed by atoms with E-state index < -0.39 is 15.5 Å². The van der Waals surface area contributed by atoms with Gasteiger partial charge in [-0.05, 0) is 12.1 Å². The van der Waals surface area contributed by atoms with Crippen LogP contribution in [0.5, 0.6) is 0 Å². The SMILES string of the molecule is CCN(Cc1ccc(Cl)s1)S(=O)(=O)c1c[nH]ccc1=O. The van der Waals surface area contributed by atoms with E-state index >= 15 is 0 Å². The fourth-order valence-electron chi connectivity index (χ4n) is 1.72. The van der Waals surface area contributed by atoms with Crippen LogP contribution in [0.4, 0.5) is 0 Å². The lowest BCUT2D eigenvalue weighted by Gasteiger charge is -2.19. The maximum Gasteiger partial charge on any atom is 0.248 e. The summed E-state index contributed by atoms with van der Waals surface area (Å²) in [5, 5.41) is 0. The Kier molecular flexibility index (Phi) is 4.64. The average molecular weight is 333 g/mol. The van der Waals surface area contributed by atoms with Crippen molar-refractivity contribution in [3.05, 3.63) is 50.0 Å². The van der Waals surface area contributed by atoms with Gasteiger partial charge in [0.25, 0.3) is 0 Å². The molecule has 20 heavy (non-hydrogen) atoms. The largest absolute Gasteiger partial charge is 0.366 e. The van der Waals surface area contributed by atoms with Crippen LogP contribution in [-0.2, 0) is 16.6 Å². The molecule has 2 rings (SSSR count). The van der Waals surface area contributed by atoms with Crippen molar-refractivity contribution >= 4 is 33.0 Å². The van der Waals surface area contributed by atoms with E-state index in [0.29, 0.717) is 4.34 Å². The number of hydrogen-bond acceptors (Lipinski definition) is 4. The Bertz CT molecular complexity index is 752. The molecular weight excluding hydrogens is 320 g/mol. The molecule has 2 aromatic heterocycles. The topological polar surface area (TPSA) is 70.2 Å². The molecule has 0 aliphatic heterocycles. The lowest BCUT2D eigenvalue weighted by atomic mass is 10.4. The highest BCUT2D eigenvalue weighted by Gasteiger charge is 2.26. The van der Waals surface area contributed by atoms with E-state index in [2.05, 4.69) is 4.98 Å². The van der Waals surface area contributed by atoms with Crippen LogP contribution in [0, 0.1) is 0 Å². The van der Waals surface area contributed by atoms with Crippen molar-refractivity contribution in [3.63, 3.8) is 0 Å². The molecule has 5 nitrogen and oxygen atoms in total. The number of aromatic nitrogens is 1. The third-order valence-corrected chi connectivity index (χ3v) is 5.88. The molecule has 0 unspecified atom stereocenters. The van der Waals surface area contributed by atoms with Gasteiger partial charge in [0.1, 0.15) is 4.90 Å². The van der Waals surface area contributed by atoms with Gasteiger partial charge in [0.05, 0.1) is 4.34 Å². The van der Waals surface area contributed by atoms with Crippen LogP contribution in [0.1, 0.15) is 11.8 Å². The van der Waals surface area contributed by atoms with Crippen molar-refractivity contribution in [2.75, 3.05) is 6.54 Å². The second kappa shape index (κ2) is 6.09. The molecule has 0 radical (unpaired) electrons. The summed E-state index contributed by atoms with van der Waals surface area (Å²) in [7, 11) is -3.82. The quantitative estimate of drug-likeness (QED) is 0.913. The van der Waals surface area contributed by atoms with E-state index in [1.165, 1.54) is 34.1 Å². The first-order chi connectivity index (χ1) is 9.45. The molecule has 2 aromatic rings. The van der Waals surface area contributed by atoms with Gasteiger partial charge < -0.3 is 4.98 Å². The summed E-state index contributed by atoms with van der Waals surface area (Å²) in [6.45, 7) is 2.20. The van der Waals surface area contributed by atoms with Gasteiger partial charge in [0, 0.05) is 36.4 Å². The molecule has 0 bridgehead atoms. The minimum atomic E-state index is -3.82. The number of aromatic amines is 1. The predicted molar refractivity (Wildman–Crippen MR) is 79.7 cm³/mol. The zero-order chi connectivity index (χ0) is 14.8. The van der Waals surface area contributed by atoms with E-state index in [4.69, 9.17) is 11.6 Å². The monoisotopic (exact) mass is 332 g/mol. The highest BCUT2D eigenvalue weighted by Crippen LogP contribution is 2.24. The molecule has 0 saturated carbocycles. The highest BCUT2D eigenvalue weighted by molar-refractivity contribution is 7.89. The summed E-state index contributed by atoms with van der Waals surface area (Å²) < 4.78 is 26.8. The first-order valence-electron chi connectivity index (χ1n) is 5.86. The first kappa shape index (κ1) is 15.2. The van der Waals surface area contributed by atoms with E-state index in [1.54, 1.807) is 19.1 Å². The maximum absolute atomic E-state index is 12.5. The van der Waals surface area contributed by atoms with Crippen molar-refractivity contribution in [2.45, 2.75) is 18.4 Å². The zero-order valence-corrected chi connectivity index (χ0v) is 13.1. The van der Waals surface area contributed by atoms with Crippen molar-refractivity contribution in [3.8, 4) is 0 Å². The second-order valence-electron chi connectivity index (χ2n) is 4.01. The molecule has 0 aromatic carbocycles. The van der Waals surface area contributed by atoms with Crippen LogP contribution >= 0.6 is 22.9 Å². The van der Waals surface area contributed by atoms with Gasteiger partial charge in [0.15, 0.2) is 0 Å². The van der Waals surface area contributed by atoms with Gasteiger partial charge in [-0.2, -0.15) is 4.31 Å². The van der Waals surface area contributed by atoms with E-state index in [1.807, 2.05) is 0 Å². The summed E-state index contributed by atoms with van der Waals surface area (Å²) in [4.78, 5) is 14.9. The number of pyridine rings is 1. The Hall–Kier alpha value is -1.15. The minimum Gasteiger partial charge on any atom is -0.366 e. The first-order valence-corrected chi connectivity index (χ1v) is 8.50. The lowest BCUT2D eigenvalue weighted by molar-refractivity contribution is 0.425. The zero-order valence-electron chi connectivity index (χ0n) is 10.7. The predicted octanol–water partition coefficient (Wildman–Crippen LogP) is 2.30. The van der Waals surface area contributed by atoms with Crippen molar-refractivity contribution in [1.29, 1.82) is 0 Å². The molecular formula is C12H13ClN2O3S2. The van der Waals surface area contributed by atoms with Crippen LogP contribution in [0.25, 0.3) is 0 Å². The summed E-state index contributed by atoms with van der Waals surface area (Å²) in [6.07, 6.45) is 2.61. The fourth-order valence-corrected chi connectivity index (χ4v) is 4.37. The van der Waals surface area contributed by atoms with Gasteiger partial charge in [-0.25, -0.2) is 8.42 Å². The summed E-state index contributed by atoms with van der Waals surface area (Å²) in [5.74, 6) is 0. The summed E-state index contributed by atoms with van der Waals surface area (Å²) >= 11 is 7.16. The average Bonchev–Trinajstić information content (AvgIpc) is 2.81. The van der Waals surface area contributed by atoms with Gasteiger partial charge in [-0.3, -0.25) is 4.79 Å². The standard InChI is InChI=1S/C12H13ClN2O3S2/c1-2-15(8-9-3-4-12(13)19-9)20(17,18)11-7-14-6-5-10(11)16/h3-7H,2,8H2,1H3,(H,14,16). The number of sulfonamides is 1. The number of rotatable bonds is 5. The molecule has 108 valence electrons. The molecule has 1 N–H and O–H groups in total. The van der Waals surface area contributed by atoms with Crippen LogP contribution in [0.3, 0.4) is 0 Å². The number of hydrogen-bond donors (Lipinski definition) is 1. The number of thiophene rings is 1. The van der Waals surface area contributed by atoms with Crippen molar-refractivity contribution in [1.82, 2.24) is 9.29 Å². The number of H-pyrrole nitrogens is 1. The fraction of sp³-hybridized carbons (Fsp3) is 0.250. The molecule has 2 heterocycles. The third-order valence-electron chi connectivity index (χ3n) is 2.72. The van der Waals surface area contributed by atoms with Gasteiger partial charge >= 0.3 is 0 Å². The minimum absolute atomic E-state index is 0.199. The maximum atomic E-state index is 12.5. The Morgan fingerprint density at radius 1 is 1.35 bits per heavy atom. The Morgan fingerprint density at radius 2 is 2.10 bits per heavy atom. The van der Waals surface area contributed by atoms with Crippen LogP contribution < -0.4 is 5.43 Å². The molecule has 0 atom stereocenters. The van der Waals surface area contributed by atoms with Crippen LogP contribution in [0.15, 0.2) is 40.3 Å². The Balaban J connectivity index is 2.35. The second-order valence-corrected chi connectivity index (χ2v) is 7.72. The smallest absolute Gasteiger partial charge is 0.248 e. The normalized spacial score (nSPS) is 11.9. The lowest BCUT2D eigenvalue weighted by Crippen LogP contribution is -2.33. The molecule has 0 fully saturated rings. The van der Waals surface area contributed by atoms with E-state index in [9.17, 15) is 13.2 Å².